The summed E-state index contributed by atoms with van der Waals surface area (Å²) in [7, 11) is 2.03. The number of carbonyl (C=O) groups excluding carboxylic acids is 1. The molecule has 0 radical (unpaired) electrons. The van der Waals surface area contributed by atoms with Crippen molar-refractivity contribution >= 4 is 22.5 Å². The zero-order valence-electron chi connectivity index (χ0n) is 13.5. The molecule has 4 nitrogen and oxygen atoms in total. The molecular formula is C19H21N3O. The van der Waals surface area contributed by atoms with E-state index < -0.39 is 0 Å². The maximum Gasteiger partial charge on any atom is 0.162 e. The van der Waals surface area contributed by atoms with Crippen LogP contribution in [0, 0.1) is 0 Å². The number of nitrogens with zero attached hydrogens (tertiary/aromatic N) is 2. The van der Waals surface area contributed by atoms with Gasteiger partial charge in [0.2, 0.25) is 0 Å². The van der Waals surface area contributed by atoms with Crippen molar-refractivity contribution in [2.75, 3.05) is 5.32 Å². The number of anilines is 1. The van der Waals surface area contributed by atoms with Gasteiger partial charge in [0.05, 0.1) is 17.6 Å². The van der Waals surface area contributed by atoms with Crippen LogP contribution in [0.5, 0.6) is 0 Å². The first-order chi connectivity index (χ1) is 11.2. The van der Waals surface area contributed by atoms with Gasteiger partial charge >= 0.3 is 0 Å². The number of aryl methyl sites for hydroxylation is 1. The van der Waals surface area contributed by atoms with E-state index in [-0.39, 0.29) is 5.78 Å². The fraction of sp³-hybridized carbons (Fsp3) is 0.263. The first kappa shape index (κ1) is 15.3. The molecule has 0 saturated heterocycles. The number of Topliss-reactive ketones (excluding diaryl/α,β-unsaturated/α-hetero) is 1. The minimum absolute atomic E-state index is 0.203. The monoisotopic (exact) mass is 307 g/mol. The lowest BCUT2D eigenvalue weighted by Crippen LogP contribution is -2.06. The topological polar surface area (TPSA) is 46.9 Å². The summed E-state index contributed by atoms with van der Waals surface area (Å²) in [6.07, 6.45) is 1.48. The van der Waals surface area contributed by atoms with Crippen LogP contribution >= 0.6 is 0 Å². The average molecular weight is 307 g/mol. The van der Waals surface area contributed by atoms with Gasteiger partial charge < -0.3 is 9.88 Å². The predicted octanol–water partition coefficient (Wildman–Crippen LogP) is 4.17. The van der Waals surface area contributed by atoms with E-state index >= 15 is 0 Å². The van der Waals surface area contributed by atoms with Crippen molar-refractivity contribution in [3.8, 4) is 0 Å². The Hall–Kier alpha value is -2.62. The lowest BCUT2D eigenvalue weighted by Gasteiger charge is -2.07. The molecule has 2 aromatic carbocycles. The van der Waals surface area contributed by atoms with Gasteiger partial charge in [-0.15, -0.1) is 0 Å². The second-order valence-electron chi connectivity index (χ2n) is 5.68. The first-order valence-corrected chi connectivity index (χ1v) is 7.96. The number of aromatic nitrogens is 2. The third-order valence-electron chi connectivity index (χ3n) is 4.01. The third-order valence-corrected chi connectivity index (χ3v) is 4.01. The molecule has 0 aliphatic rings. The molecule has 118 valence electrons. The SMILES string of the molecule is CCCC(=O)c1ccc(NCc2nc3ccccc3n2C)cc1. The Morgan fingerprint density at radius 1 is 1.13 bits per heavy atom. The van der Waals surface area contributed by atoms with Crippen LogP contribution in [0.15, 0.2) is 48.5 Å². The van der Waals surface area contributed by atoms with E-state index in [4.69, 9.17) is 0 Å². The highest BCUT2D eigenvalue weighted by Gasteiger charge is 2.07. The van der Waals surface area contributed by atoms with Crippen molar-refractivity contribution in [1.82, 2.24) is 9.55 Å². The number of benzene rings is 2. The lowest BCUT2D eigenvalue weighted by atomic mass is 10.1. The molecule has 0 atom stereocenters. The van der Waals surface area contributed by atoms with Gasteiger partial charge in [-0.1, -0.05) is 19.1 Å². The summed E-state index contributed by atoms with van der Waals surface area (Å²) in [5.74, 6) is 1.19. The first-order valence-electron chi connectivity index (χ1n) is 7.96. The molecule has 0 aliphatic heterocycles. The number of carbonyl (C=O) groups is 1. The quantitative estimate of drug-likeness (QED) is 0.695. The van der Waals surface area contributed by atoms with Crippen molar-refractivity contribution in [3.63, 3.8) is 0 Å². The molecule has 23 heavy (non-hydrogen) atoms. The molecule has 3 aromatic rings. The van der Waals surface area contributed by atoms with Crippen molar-refractivity contribution in [2.24, 2.45) is 7.05 Å². The van der Waals surface area contributed by atoms with Crippen LogP contribution in [0.4, 0.5) is 5.69 Å². The van der Waals surface area contributed by atoms with Crippen molar-refractivity contribution in [1.29, 1.82) is 0 Å². The smallest absolute Gasteiger partial charge is 0.162 e. The van der Waals surface area contributed by atoms with Crippen LogP contribution < -0.4 is 5.32 Å². The minimum Gasteiger partial charge on any atom is -0.378 e. The Morgan fingerprint density at radius 3 is 2.57 bits per heavy atom. The van der Waals surface area contributed by atoms with Gasteiger partial charge in [-0.25, -0.2) is 4.98 Å². The second-order valence-corrected chi connectivity index (χ2v) is 5.68. The lowest BCUT2D eigenvalue weighted by molar-refractivity contribution is 0.0982. The highest BCUT2D eigenvalue weighted by Crippen LogP contribution is 2.16. The highest BCUT2D eigenvalue weighted by atomic mass is 16.1. The predicted molar refractivity (Wildman–Crippen MR) is 93.7 cm³/mol. The van der Waals surface area contributed by atoms with Crippen LogP contribution in [-0.4, -0.2) is 15.3 Å². The fourth-order valence-corrected chi connectivity index (χ4v) is 2.68. The number of hydrogen-bond donors (Lipinski definition) is 1. The number of nitrogens with one attached hydrogen (secondary N) is 1. The molecule has 1 heterocycles. The largest absolute Gasteiger partial charge is 0.378 e. The molecule has 0 aliphatic carbocycles. The number of hydrogen-bond acceptors (Lipinski definition) is 3. The highest BCUT2D eigenvalue weighted by molar-refractivity contribution is 5.96. The molecule has 0 saturated carbocycles. The van der Waals surface area contributed by atoms with Gasteiger partial charge in [0, 0.05) is 24.7 Å². The van der Waals surface area contributed by atoms with E-state index in [1.165, 1.54) is 0 Å². The van der Waals surface area contributed by atoms with E-state index in [9.17, 15) is 4.79 Å². The zero-order chi connectivity index (χ0) is 16.2. The Morgan fingerprint density at radius 2 is 1.87 bits per heavy atom. The molecule has 0 spiro atoms. The maximum absolute atomic E-state index is 11.8. The minimum atomic E-state index is 0.203. The van der Waals surface area contributed by atoms with Gasteiger partial charge in [0.25, 0.3) is 0 Å². The van der Waals surface area contributed by atoms with Crippen LogP contribution in [0.3, 0.4) is 0 Å². The summed E-state index contributed by atoms with van der Waals surface area (Å²) < 4.78 is 2.10. The van der Waals surface area contributed by atoms with Gasteiger partial charge in [-0.3, -0.25) is 4.79 Å². The summed E-state index contributed by atoms with van der Waals surface area (Å²) in [6.45, 7) is 2.66. The van der Waals surface area contributed by atoms with Crippen LogP contribution in [0.1, 0.15) is 35.9 Å². The van der Waals surface area contributed by atoms with Crippen LogP contribution in [0.2, 0.25) is 0 Å². The van der Waals surface area contributed by atoms with Gasteiger partial charge in [-0.2, -0.15) is 0 Å². The molecule has 0 amide bonds. The van der Waals surface area contributed by atoms with Crippen LogP contribution in [0.25, 0.3) is 11.0 Å². The average Bonchev–Trinajstić information content (AvgIpc) is 2.90. The van der Waals surface area contributed by atoms with E-state index in [2.05, 4.69) is 20.9 Å². The van der Waals surface area contributed by atoms with E-state index in [1.807, 2.05) is 56.4 Å². The molecular weight excluding hydrogens is 286 g/mol. The molecule has 1 aromatic heterocycles. The normalized spacial score (nSPS) is 10.9. The number of rotatable bonds is 6. The van der Waals surface area contributed by atoms with E-state index in [1.54, 1.807) is 0 Å². The Labute approximate surface area is 136 Å². The number of imidazole rings is 1. The molecule has 3 rings (SSSR count). The maximum atomic E-state index is 11.8. The Kier molecular flexibility index (Phi) is 4.42. The molecule has 4 heteroatoms. The summed E-state index contributed by atoms with van der Waals surface area (Å²) in [4.78, 5) is 16.5. The molecule has 1 N–H and O–H groups in total. The molecule has 0 unspecified atom stereocenters. The van der Waals surface area contributed by atoms with Crippen LogP contribution in [-0.2, 0) is 13.6 Å². The Bertz CT molecular complexity index is 818. The van der Waals surface area contributed by atoms with E-state index in [0.717, 1.165) is 34.5 Å². The summed E-state index contributed by atoms with van der Waals surface area (Å²) in [5, 5.41) is 3.37. The Balaban J connectivity index is 1.70. The second kappa shape index (κ2) is 6.65. The molecule has 0 bridgehead atoms. The van der Waals surface area contributed by atoms with Gasteiger partial charge in [0.1, 0.15) is 5.82 Å². The number of ketones is 1. The summed E-state index contributed by atoms with van der Waals surface area (Å²) in [6, 6.07) is 15.8. The van der Waals surface area contributed by atoms with Crippen molar-refractivity contribution in [2.45, 2.75) is 26.3 Å². The van der Waals surface area contributed by atoms with Crippen molar-refractivity contribution in [3.05, 3.63) is 59.9 Å². The van der Waals surface area contributed by atoms with E-state index in [0.29, 0.717) is 13.0 Å². The number of fused-ring (bicyclic) bond motifs is 1. The van der Waals surface area contributed by atoms with Gasteiger partial charge in [0.15, 0.2) is 5.78 Å². The number of para-hydroxylation sites is 2. The third kappa shape index (κ3) is 3.26. The summed E-state index contributed by atoms with van der Waals surface area (Å²) >= 11 is 0. The summed E-state index contributed by atoms with van der Waals surface area (Å²) in [5.41, 5.74) is 3.90. The molecule has 0 fully saturated rings. The zero-order valence-corrected chi connectivity index (χ0v) is 13.5. The fourth-order valence-electron chi connectivity index (χ4n) is 2.68. The van der Waals surface area contributed by atoms with Crippen molar-refractivity contribution < 1.29 is 4.79 Å². The standard InChI is InChI=1S/C19H21N3O/c1-3-6-18(23)14-9-11-15(12-10-14)20-13-19-21-16-7-4-5-8-17(16)22(19)2/h4-5,7-12,20H,3,6,13H2,1-2H3. The van der Waals surface area contributed by atoms with Gasteiger partial charge in [-0.05, 0) is 42.8 Å².